The molecule has 2 unspecified atom stereocenters. The second-order valence-corrected chi connectivity index (χ2v) is 4.62. The summed E-state index contributed by atoms with van der Waals surface area (Å²) in [5.41, 5.74) is 6.29. The molecule has 5 heteroatoms. The maximum absolute atomic E-state index is 12.3. The van der Waals surface area contributed by atoms with E-state index in [4.69, 9.17) is 5.73 Å². The highest BCUT2D eigenvalue weighted by Gasteiger charge is 2.28. The summed E-state index contributed by atoms with van der Waals surface area (Å²) in [6.45, 7) is 3.48. The Labute approximate surface area is 101 Å². The number of nitrogens with zero attached hydrogens (tertiary/aromatic N) is 3. The van der Waals surface area contributed by atoms with Gasteiger partial charge in [0.2, 0.25) is 0 Å². The summed E-state index contributed by atoms with van der Waals surface area (Å²) >= 11 is 0. The molecule has 0 aliphatic carbocycles. The quantitative estimate of drug-likeness (QED) is 0.816. The summed E-state index contributed by atoms with van der Waals surface area (Å²) in [6.07, 6.45) is 5.19. The molecule has 1 aliphatic heterocycles. The van der Waals surface area contributed by atoms with Crippen molar-refractivity contribution in [3.63, 3.8) is 0 Å². The number of rotatable bonds is 2. The maximum Gasteiger partial charge on any atom is 0.255 e. The lowest BCUT2D eigenvalue weighted by Crippen LogP contribution is -2.47. The summed E-state index contributed by atoms with van der Waals surface area (Å²) < 4.78 is 0. The summed E-state index contributed by atoms with van der Waals surface area (Å²) in [4.78, 5) is 14.2. The van der Waals surface area contributed by atoms with E-state index in [1.165, 1.54) is 6.20 Å². The van der Waals surface area contributed by atoms with Gasteiger partial charge in [0.15, 0.2) is 0 Å². The van der Waals surface area contributed by atoms with Crippen molar-refractivity contribution in [1.82, 2.24) is 15.1 Å². The molecule has 1 saturated heterocycles. The van der Waals surface area contributed by atoms with Crippen LogP contribution in [0.15, 0.2) is 18.5 Å². The van der Waals surface area contributed by atoms with Crippen LogP contribution in [0.25, 0.3) is 0 Å². The second kappa shape index (κ2) is 5.23. The minimum Gasteiger partial charge on any atom is -0.336 e. The zero-order valence-electron chi connectivity index (χ0n) is 10.0. The number of hydrogen-bond acceptors (Lipinski definition) is 4. The Balaban J connectivity index is 2.12. The van der Waals surface area contributed by atoms with Crippen LogP contribution in [-0.4, -0.2) is 40.1 Å². The highest BCUT2D eigenvalue weighted by atomic mass is 16.2. The van der Waals surface area contributed by atoms with E-state index in [0.29, 0.717) is 18.0 Å². The van der Waals surface area contributed by atoms with Gasteiger partial charge in [-0.25, -0.2) is 0 Å². The van der Waals surface area contributed by atoms with Gasteiger partial charge in [-0.15, -0.1) is 0 Å². The van der Waals surface area contributed by atoms with E-state index in [9.17, 15) is 4.79 Å². The molecule has 0 aromatic carbocycles. The number of aromatic nitrogens is 2. The van der Waals surface area contributed by atoms with Crippen LogP contribution in [0.2, 0.25) is 0 Å². The number of nitrogens with two attached hydrogens (primary N) is 1. The molecule has 1 aromatic heterocycles. The Morgan fingerprint density at radius 2 is 2.35 bits per heavy atom. The van der Waals surface area contributed by atoms with E-state index in [2.05, 4.69) is 17.1 Å². The zero-order valence-corrected chi connectivity index (χ0v) is 10.0. The van der Waals surface area contributed by atoms with Crippen LogP contribution >= 0.6 is 0 Å². The predicted molar refractivity (Wildman–Crippen MR) is 64.3 cm³/mol. The lowest BCUT2D eigenvalue weighted by atomic mass is 9.93. The average Bonchev–Trinajstić information content (AvgIpc) is 2.39. The van der Waals surface area contributed by atoms with Crippen LogP contribution in [-0.2, 0) is 0 Å². The molecule has 2 rings (SSSR count). The monoisotopic (exact) mass is 234 g/mol. The number of carbonyl (C=O) groups excluding carboxylic acids is 1. The summed E-state index contributed by atoms with van der Waals surface area (Å²) in [7, 11) is 0. The topological polar surface area (TPSA) is 72.1 Å². The van der Waals surface area contributed by atoms with Crippen LogP contribution in [0.5, 0.6) is 0 Å². The number of likely N-dealkylation sites (tertiary alicyclic amines) is 1. The van der Waals surface area contributed by atoms with E-state index >= 15 is 0 Å². The van der Waals surface area contributed by atoms with E-state index in [-0.39, 0.29) is 11.9 Å². The highest BCUT2D eigenvalue weighted by molar-refractivity contribution is 5.94. The van der Waals surface area contributed by atoms with E-state index in [1.54, 1.807) is 12.3 Å². The third-order valence-corrected chi connectivity index (χ3v) is 3.41. The van der Waals surface area contributed by atoms with Crippen LogP contribution in [0.3, 0.4) is 0 Å². The Kier molecular flexibility index (Phi) is 3.68. The molecule has 1 amide bonds. The SMILES string of the molecule is CC1CCC(CN)CN1C(=O)c1ccnnc1. The molecule has 1 aliphatic rings. The average molecular weight is 234 g/mol. The summed E-state index contributed by atoms with van der Waals surface area (Å²) in [6, 6.07) is 1.98. The van der Waals surface area contributed by atoms with Crippen molar-refractivity contribution < 1.29 is 4.79 Å². The molecule has 2 atom stereocenters. The molecule has 0 radical (unpaired) electrons. The van der Waals surface area contributed by atoms with Crippen LogP contribution in [0, 0.1) is 5.92 Å². The highest BCUT2D eigenvalue weighted by Crippen LogP contribution is 2.22. The van der Waals surface area contributed by atoms with Crippen LogP contribution < -0.4 is 5.73 Å². The number of hydrogen-bond donors (Lipinski definition) is 1. The molecule has 2 N–H and O–H groups in total. The molecule has 1 aromatic rings. The van der Waals surface area contributed by atoms with Gasteiger partial charge in [0.25, 0.3) is 5.91 Å². The van der Waals surface area contributed by atoms with Crippen LogP contribution in [0.1, 0.15) is 30.1 Å². The van der Waals surface area contributed by atoms with E-state index in [0.717, 1.165) is 19.4 Å². The van der Waals surface area contributed by atoms with Gasteiger partial charge in [-0.2, -0.15) is 10.2 Å². The molecule has 0 saturated carbocycles. The fourth-order valence-corrected chi connectivity index (χ4v) is 2.24. The van der Waals surface area contributed by atoms with Crippen molar-refractivity contribution in [2.24, 2.45) is 11.7 Å². The number of carbonyl (C=O) groups is 1. The fourth-order valence-electron chi connectivity index (χ4n) is 2.24. The molecule has 17 heavy (non-hydrogen) atoms. The van der Waals surface area contributed by atoms with E-state index < -0.39 is 0 Å². The Morgan fingerprint density at radius 1 is 1.53 bits per heavy atom. The van der Waals surface area contributed by atoms with Crippen molar-refractivity contribution in [1.29, 1.82) is 0 Å². The lowest BCUT2D eigenvalue weighted by molar-refractivity contribution is 0.0566. The smallest absolute Gasteiger partial charge is 0.255 e. The number of piperidine rings is 1. The first-order valence-corrected chi connectivity index (χ1v) is 6.00. The maximum atomic E-state index is 12.3. The van der Waals surface area contributed by atoms with Gasteiger partial charge >= 0.3 is 0 Å². The van der Waals surface area contributed by atoms with Crippen LogP contribution in [0.4, 0.5) is 0 Å². The van der Waals surface area contributed by atoms with Gasteiger partial charge in [0, 0.05) is 12.6 Å². The fraction of sp³-hybridized carbons (Fsp3) is 0.583. The first-order valence-electron chi connectivity index (χ1n) is 6.00. The van der Waals surface area contributed by atoms with Gasteiger partial charge in [0.1, 0.15) is 0 Å². The van der Waals surface area contributed by atoms with Gasteiger partial charge in [-0.3, -0.25) is 4.79 Å². The van der Waals surface area contributed by atoms with Crippen molar-refractivity contribution in [3.8, 4) is 0 Å². The number of amides is 1. The van der Waals surface area contributed by atoms with Gasteiger partial charge in [0.05, 0.1) is 18.0 Å². The predicted octanol–water partition coefficient (Wildman–Crippen LogP) is 0.676. The first-order chi connectivity index (χ1) is 8.22. The second-order valence-electron chi connectivity index (χ2n) is 4.62. The summed E-state index contributed by atoms with van der Waals surface area (Å²) in [5, 5.41) is 7.42. The molecule has 0 bridgehead atoms. The minimum absolute atomic E-state index is 0.0329. The molecule has 2 heterocycles. The molecule has 0 spiro atoms. The first kappa shape index (κ1) is 12.0. The normalized spacial score (nSPS) is 24.7. The van der Waals surface area contributed by atoms with Crippen molar-refractivity contribution in [3.05, 3.63) is 24.0 Å². The Bertz CT molecular complexity index is 381. The lowest BCUT2D eigenvalue weighted by Gasteiger charge is -2.37. The molecular weight excluding hydrogens is 216 g/mol. The Morgan fingerprint density at radius 3 is 3.00 bits per heavy atom. The minimum atomic E-state index is 0.0329. The third-order valence-electron chi connectivity index (χ3n) is 3.41. The third kappa shape index (κ3) is 2.61. The van der Waals surface area contributed by atoms with Gasteiger partial charge in [-0.05, 0) is 38.3 Å². The Hall–Kier alpha value is -1.49. The van der Waals surface area contributed by atoms with Gasteiger partial charge < -0.3 is 10.6 Å². The van der Waals surface area contributed by atoms with Crippen molar-refractivity contribution in [2.75, 3.05) is 13.1 Å². The van der Waals surface area contributed by atoms with Crippen molar-refractivity contribution in [2.45, 2.75) is 25.8 Å². The van der Waals surface area contributed by atoms with Crippen molar-refractivity contribution >= 4 is 5.91 Å². The largest absolute Gasteiger partial charge is 0.336 e. The zero-order chi connectivity index (χ0) is 12.3. The molecule has 5 nitrogen and oxygen atoms in total. The van der Waals surface area contributed by atoms with Gasteiger partial charge in [-0.1, -0.05) is 0 Å². The molecular formula is C12H18N4O. The summed E-state index contributed by atoms with van der Waals surface area (Å²) in [5.74, 6) is 0.454. The molecule has 1 fully saturated rings. The molecule has 92 valence electrons. The van der Waals surface area contributed by atoms with E-state index in [1.807, 2.05) is 4.90 Å². The standard InChI is InChI=1S/C12H18N4O/c1-9-2-3-10(6-13)8-16(9)12(17)11-4-5-14-15-7-11/h4-5,7,9-10H,2-3,6,8,13H2,1H3.